The summed E-state index contributed by atoms with van der Waals surface area (Å²) >= 11 is 6.11. The van der Waals surface area contributed by atoms with Gasteiger partial charge in [0.25, 0.3) is 5.91 Å². The number of ether oxygens (including phenoxy) is 1. The van der Waals surface area contributed by atoms with E-state index in [1.54, 1.807) is 42.9 Å². The van der Waals surface area contributed by atoms with Gasteiger partial charge in [-0.1, -0.05) is 23.7 Å². The molecule has 2 aromatic rings. The molecule has 0 aliphatic rings. The van der Waals surface area contributed by atoms with Crippen LogP contribution in [0.2, 0.25) is 5.02 Å². The summed E-state index contributed by atoms with van der Waals surface area (Å²) < 4.78 is 6.62. The number of aryl methyl sites for hydroxylation is 1. The molecule has 1 atom stereocenters. The fourth-order valence-electron chi connectivity index (χ4n) is 2.07. The first-order valence-corrected chi connectivity index (χ1v) is 7.62. The number of rotatable bonds is 6. The van der Waals surface area contributed by atoms with E-state index in [1.807, 2.05) is 6.92 Å². The molecule has 8 heteroatoms. The van der Waals surface area contributed by atoms with E-state index in [-0.39, 0.29) is 17.6 Å². The molecule has 128 valence electrons. The number of carboxylic acid groups (broad SMARTS) is 1. The van der Waals surface area contributed by atoms with Gasteiger partial charge in [0.2, 0.25) is 0 Å². The van der Waals surface area contributed by atoms with Crippen molar-refractivity contribution < 1.29 is 19.4 Å². The number of nitrogens with one attached hydrogen (secondary N) is 1. The number of benzene rings is 1. The lowest BCUT2D eigenvalue weighted by Gasteiger charge is -2.14. The fraction of sp³-hybridized carbons (Fsp3) is 0.312. The Bertz CT molecular complexity index is 755. The lowest BCUT2D eigenvalue weighted by Crippen LogP contribution is -2.27. The largest absolute Gasteiger partial charge is 0.482 e. The predicted molar refractivity (Wildman–Crippen MR) is 88.4 cm³/mol. The number of hydrogen-bond acceptors (Lipinski definition) is 4. The van der Waals surface area contributed by atoms with Crippen molar-refractivity contribution in [3.8, 4) is 5.75 Å². The number of carbonyl (C=O) groups excluding carboxylic acids is 1. The van der Waals surface area contributed by atoms with Gasteiger partial charge in [-0.3, -0.25) is 9.48 Å². The molecule has 2 N–H and O–H groups in total. The molecule has 2 rings (SSSR count). The maximum absolute atomic E-state index is 12.3. The van der Waals surface area contributed by atoms with E-state index in [0.717, 1.165) is 11.3 Å². The monoisotopic (exact) mass is 351 g/mol. The molecule has 7 nitrogen and oxygen atoms in total. The number of hydrogen-bond donors (Lipinski definition) is 2. The lowest BCUT2D eigenvalue weighted by atomic mass is 10.1. The van der Waals surface area contributed by atoms with E-state index < -0.39 is 12.6 Å². The number of carbonyl (C=O) groups is 2. The molecule has 0 bridgehead atoms. The van der Waals surface area contributed by atoms with Crippen LogP contribution in [0.25, 0.3) is 0 Å². The van der Waals surface area contributed by atoms with Crippen LogP contribution in [0.1, 0.15) is 34.7 Å². The van der Waals surface area contributed by atoms with Gasteiger partial charge in [0, 0.05) is 7.05 Å². The first-order chi connectivity index (χ1) is 11.3. The van der Waals surface area contributed by atoms with Crippen LogP contribution in [-0.2, 0) is 11.8 Å². The molecule has 0 aliphatic carbocycles. The summed E-state index contributed by atoms with van der Waals surface area (Å²) in [6.07, 6.45) is 0. The van der Waals surface area contributed by atoms with Crippen molar-refractivity contribution in [3.63, 3.8) is 0 Å². The first-order valence-electron chi connectivity index (χ1n) is 7.24. The summed E-state index contributed by atoms with van der Waals surface area (Å²) in [4.78, 5) is 22.8. The highest BCUT2D eigenvalue weighted by Gasteiger charge is 2.20. The maximum atomic E-state index is 12.3. The minimum Gasteiger partial charge on any atom is -0.482 e. The van der Waals surface area contributed by atoms with E-state index in [1.165, 1.54) is 0 Å². The van der Waals surface area contributed by atoms with Crippen molar-refractivity contribution in [2.75, 3.05) is 6.61 Å². The maximum Gasteiger partial charge on any atom is 0.341 e. The Kier molecular flexibility index (Phi) is 5.46. The average Bonchev–Trinajstić information content (AvgIpc) is 2.81. The molecule has 1 amide bonds. The predicted octanol–water partition coefficient (Wildman–Crippen LogP) is 2.34. The Hall–Kier alpha value is -2.54. The highest BCUT2D eigenvalue weighted by Crippen LogP contribution is 2.21. The van der Waals surface area contributed by atoms with Gasteiger partial charge < -0.3 is 15.2 Å². The average molecular weight is 352 g/mol. The van der Waals surface area contributed by atoms with Crippen molar-refractivity contribution in [3.05, 3.63) is 46.2 Å². The molecule has 0 aliphatic heterocycles. The van der Waals surface area contributed by atoms with E-state index in [0.29, 0.717) is 10.8 Å². The standard InChI is InChI=1S/C16H18ClN3O4/c1-9(11-4-6-12(7-5-11)24-8-13(21)22)18-16(23)15-14(17)10(2)20(3)19-15/h4-7,9H,8H2,1-3H3,(H,18,23)(H,21,22). The molecule has 1 unspecified atom stereocenters. The number of halogens is 1. The molecule has 0 saturated heterocycles. The molecule has 24 heavy (non-hydrogen) atoms. The van der Waals surface area contributed by atoms with Crippen LogP contribution in [0.3, 0.4) is 0 Å². The Balaban J connectivity index is 2.03. The van der Waals surface area contributed by atoms with Crippen molar-refractivity contribution >= 4 is 23.5 Å². The Morgan fingerprint density at radius 2 is 2.00 bits per heavy atom. The summed E-state index contributed by atoms with van der Waals surface area (Å²) in [6.45, 7) is 3.21. The number of nitrogens with zero attached hydrogens (tertiary/aromatic N) is 2. The molecule has 1 aromatic heterocycles. The first kappa shape index (κ1) is 17.8. The highest BCUT2D eigenvalue weighted by atomic mass is 35.5. The number of aliphatic carboxylic acids is 1. The Morgan fingerprint density at radius 1 is 1.38 bits per heavy atom. The van der Waals surface area contributed by atoms with Crippen LogP contribution in [-0.4, -0.2) is 33.4 Å². The van der Waals surface area contributed by atoms with E-state index in [4.69, 9.17) is 21.4 Å². The van der Waals surface area contributed by atoms with Gasteiger partial charge in [0.15, 0.2) is 12.3 Å². The third-order valence-electron chi connectivity index (χ3n) is 3.57. The van der Waals surface area contributed by atoms with Gasteiger partial charge >= 0.3 is 5.97 Å². The molecule has 1 heterocycles. The second-order valence-corrected chi connectivity index (χ2v) is 5.70. The zero-order valence-electron chi connectivity index (χ0n) is 13.5. The molecular weight excluding hydrogens is 334 g/mol. The van der Waals surface area contributed by atoms with Gasteiger partial charge in [-0.25, -0.2) is 4.79 Å². The Labute approximate surface area is 144 Å². The third kappa shape index (κ3) is 4.05. The Morgan fingerprint density at radius 3 is 2.50 bits per heavy atom. The van der Waals surface area contributed by atoms with Gasteiger partial charge in [-0.15, -0.1) is 0 Å². The van der Waals surface area contributed by atoms with Crippen LogP contribution in [0.4, 0.5) is 0 Å². The molecule has 0 fully saturated rings. The summed E-state index contributed by atoms with van der Waals surface area (Å²) in [5.41, 5.74) is 1.74. The quantitative estimate of drug-likeness (QED) is 0.833. The van der Waals surface area contributed by atoms with Gasteiger partial charge in [0.05, 0.1) is 16.8 Å². The second-order valence-electron chi connectivity index (χ2n) is 5.32. The van der Waals surface area contributed by atoms with Gasteiger partial charge in [-0.2, -0.15) is 5.10 Å². The summed E-state index contributed by atoms with van der Waals surface area (Å²) in [7, 11) is 1.72. The summed E-state index contributed by atoms with van der Waals surface area (Å²) in [5.74, 6) is -0.951. The topological polar surface area (TPSA) is 93.4 Å². The number of aromatic nitrogens is 2. The molecular formula is C16H18ClN3O4. The number of carboxylic acids is 1. The third-order valence-corrected chi connectivity index (χ3v) is 4.02. The van der Waals surface area contributed by atoms with Crippen molar-refractivity contribution in [2.45, 2.75) is 19.9 Å². The zero-order valence-corrected chi connectivity index (χ0v) is 14.3. The summed E-state index contributed by atoms with van der Waals surface area (Å²) in [5, 5.41) is 15.8. The van der Waals surface area contributed by atoms with E-state index in [9.17, 15) is 9.59 Å². The fourth-order valence-corrected chi connectivity index (χ4v) is 2.32. The zero-order chi connectivity index (χ0) is 17.9. The van der Waals surface area contributed by atoms with Crippen molar-refractivity contribution in [2.24, 2.45) is 7.05 Å². The van der Waals surface area contributed by atoms with Crippen molar-refractivity contribution in [1.29, 1.82) is 0 Å². The number of amides is 1. The highest BCUT2D eigenvalue weighted by molar-refractivity contribution is 6.34. The minimum atomic E-state index is -1.04. The van der Waals surface area contributed by atoms with Crippen LogP contribution in [0.15, 0.2) is 24.3 Å². The molecule has 1 aromatic carbocycles. The molecule has 0 spiro atoms. The van der Waals surface area contributed by atoms with Crippen LogP contribution < -0.4 is 10.1 Å². The van der Waals surface area contributed by atoms with Crippen LogP contribution in [0, 0.1) is 6.92 Å². The van der Waals surface area contributed by atoms with Crippen LogP contribution >= 0.6 is 11.6 Å². The lowest BCUT2D eigenvalue weighted by molar-refractivity contribution is -0.139. The van der Waals surface area contributed by atoms with E-state index >= 15 is 0 Å². The SMILES string of the molecule is Cc1c(Cl)c(C(=O)NC(C)c2ccc(OCC(=O)O)cc2)nn1C. The van der Waals surface area contributed by atoms with E-state index in [2.05, 4.69) is 10.4 Å². The minimum absolute atomic E-state index is 0.185. The van der Waals surface area contributed by atoms with Crippen molar-refractivity contribution in [1.82, 2.24) is 15.1 Å². The smallest absolute Gasteiger partial charge is 0.341 e. The molecule has 0 saturated carbocycles. The normalized spacial score (nSPS) is 11.8. The summed E-state index contributed by atoms with van der Waals surface area (Å²) in [6, 6.07) is 6.54. The second kappa shape index (κ2) is 7.35. The van der Waals surface area contributed by atoms with Crippen LogP contribution in [0.5, 0.6) is 5.75 Å². The molecule has 0 radical (unpaired) electrons. The van der Waals surface area contributed by atoms with Gasteiger partial charge in [0.1, 0.15) is 5.75 Å². The van der Waals surface area contributed by atoms with Gasteiger partial charge in [-0.05, 0) is 31.5 Å².